The Bertz CT molecular complexity index is 696. The highest BCUT2D eigenvalue weighted by atomic mass is 16.6. The maximum atomic E-state index is 12.3. The Labute approximate surface area is 191 Å². The molecule has 1 atom stereocenters. The zero-order valence-corrected chi connectivity index (χ0v) is 21.8. The summed E-state index contributed by atoms with van der Waals surface area (Å²) in [4.78, 5) is 17.1. The smallest absolute Gasteiger partial charge is 0.408 e. The molecular formula is C27H46N2O2. The minimum absolute atomic E-state index is 0.196. The van der Waals surface area contributed by atoms with Gasteiger partial charge in [-0.15, -0.1) is 0 Å². The van der Waals surface area contributed by atoms with Crippen molar-refractivity contribution in [2.45, 2.75) is 101 Å². The molecule has 31 heavy (non-hydrogen) atoms. The van der Waals surface area contributed by atoms with E-state index >= 15 is 0 Å². The molecule has 1 N–H and O–H groups in total. The Morgan fingerprint density at radius 2 is 1.65 bits per heavy atom. The van der Waals surface area contributed by atoms with Crippen molar-refractivity contribution in [3.05, 3.63) is 59.3 Å². The number of aliphatic imine (C=N–C) groups is 1. The summed E-state index contributed by atoms with van der Waals surface area (Å²) < 4.78 is 5.44. The van der Waals surface area contributed by atoms with Crippen molar-refractivity contribution in [3.63, 3.8) is 0 Å². The molecule has 0 heterocycles. The standard InChI is InChI=1S/C23H34N2O2.2C2H6/c1-8-13-20(17(3)9-2)24-18(4)16-21(19-14-11-10-12-15-19)25-22(26)27-23(5,6)7;2*1-2/h8,10-15,21H,9,16H2,1-7H3,(H,25,26);2*1-2H3/b13-8-,20-17-,24-18?;;/t21-;;/m1../s1. The van der Waals surface area contributed by atoms with Gasteiger partial charge < -0.3 is 10.1 Å². The van der Waals surface area contributed by atoms with Gasteiger partial charge in [-0.1, -0.05) is 71.0 Å². The van der Waals surface area contributed by atoms with Crippen LogP contribution in [0.15, 0.2) is 58.7 Å². The molecule has 1 amide bonds. The van der Waals surface area contributed by atoms with Gasteiger partial charge in [-0.25, -0.2) is 4.79 Å². The molecule has 0 aliphatic heterocycles. The van der Waals surface area contributed by atoms with Gasteiger partial charge in [0.15, 0.2) is 0 Å². The molecule has 4 heteroatoms. The van der Waals surface area contributed by atoms with Gasteiger partial charge >= 0.3 is 6.09 Å². The molecule has 0 saturated heterocycles. The van der Waals surface area contributed by atoms with Crippen LogP contribution in [0, 0.1) is 0 Å². The lowest BCUT2D eigenvalue weighted by Crippen LogP contribution is -2.35. The molecule has 4 nitrogen and oxygen atoms in total. The van der Waals surface area contributed by atoms with Gasteiger partial charge in [-0.3, -0.25) is 4.99 Å². The number of hydrogen-bond donors (Lipinski definition) is 1. The third kappa shape index (κ3) is 14.3. The van der Waals surface area contributed by atoms with Crippen LogP contribution in [0.2, 0.25) is 0 Å². The van der Waals surface area contributed by atoms with Gasteiger partial charge in [0, 0.05) is 12.1 Å². The number of carbonyl (C=O) groups excluding carboxylic acids is 1. The third-order valence-corrected chi connectivity index (χ3v) is 4.00. The molecule has 0 aliphatic carbocycles. The number of allylic oxidation sites excluding steroid dienone is 3. The highest BCUT2D eigenvalue weighted by Crippen LogP contribution is 2.20. The molecule has 1 rings (SSSR count). The molecular weight excluding hydrogens is 384 g/mol. The van der Waals surface area contributed by atoms with E-state index in [1.165, 1.54) is 5.57 Å². The molecule has 0 aromatic heterocycles. The second-order valence-corrected chi connectivity index (χ2v) is 7.68. The summed E-state index contributed by atoms with van der Waals surface area (Å²) in [6.45, 7) is 21.8. The lowest BCUT2D eigenvalue weighted by molar-refractivity contribution is 0.0505. The number of carbonyl (C=O) groups is 1. The quantitative estimate of drug-likeness (QED) is 0.348. The number of benzene rings is 1. The molecule has 0 radical (unpaired) electrons. The van der Waals surface area contributed by atoms with Crippen LogP contribution in [-0.4, -0.2) is 17.4 Å². The minimum atomic E-state index is -0.533. The van der Waals surface area contributed by atoms with Crippen LogP contribution >= 0.6 is 0 Å². The number of nitrogens with zero attached hydrogens (tertiary/aromatic N) is 1. The van der Waals surface area contributed by atoms with E-state index in [0.717, 1.165) is 23.4 Å². The summed E-state index contributed by atoms with van der Waals surface area (Å²) in [7, 11) is 0. The van der Waals surface area contributed by atoms with Crippen LogP contribution < -0.4 is 5.32 Å². The van der Waals surface area contributed by atoms with Crippen molar-refractivity contribution in [1.82, 2.24) is 5.32 Å². The highest BCUT2D eigenvalue weighted by molar-refractivity contribution is 5.84. The first kappa shape index (κ1) is 30.8. The van der Waals surface area contributed by atoms with E-state index in [2.05, 4.69) is 19.2 Å². The average molecular weight is 431 g/mol. The fourth-order valence-electron chi connectivity index (χ4n) is 2.55. The van der Waals surface area contributed by atoms with E-state index in [1.807, 2.05) is 105 Å². The fraction of sp³-hybridized carbons (Fsp3) is 0.556. The summed E-state index contributed by atoms with van der Waals surface area (Å²) in [5.41, 5.74) is 3.68. The second-order valence-electron chi connectivity index (χ2n) is 7.68. The van der Waals surface area contributed by atoms with Crippen LogP contribution in [0.1, 0.15) is 101 Å². The van der Waals surface area contributed by atoms with E-state index in [9.17, 15) is 4.79 Å². The van der Waals surface area contributed by atoms with Crippen LogP contribution in [-0.2, 0) is 4.74 Å². The van der Waals surface area contributed by atoms with Crippen molar-refractivity contribution in [3.8, 4) is 0 Å². The molecule has 1 aromatic rings. The van der Waals surface area contributed by atoms with Crippen LogP contribution in [0.3, 0.4) is 0 Å². The number of alkyl carbamates (subject to hydrolysis) is 1. The monoisotopic (exact) mass is 430 g/mol. The predicted molar refractivity (Wildman–Crippen MR) is 137 cm³/mol. The van der Waals surface area contributed by atoms with Gasteiger partial charge in [0.25, 0.3) is 0 Å². The van der Waals surface area contributed by atoms with Crippen LogP contribution in [0.4, 0.5) is 4.79 Å². The van der Waals surface area contributed by atoms with Gasteiger partial charge in [-0.05, 0) is 65.2 Å². The summed E-state index contributed by atoms with van der Waals surface area (Å²) in [6.07, 6.45) is 5.17. The van der Waals surface area contributed by atoms with Crippen LogP contribution in [0.5, 0.6) is 0 Å². The Morgan fingerprint density at radius 3 is 2.10 bits per heavy atom. The summed E-state index contributed by atoms with van der Waals surface area (Å²) >= 11 is 0. The van der Waals surface area contributed by atoms with E-state index in [0.29, 0.717) is 6.42 Å². The zero-order chi connectivity index (χ0) is 24.4. The minimum Gasteiger partial charge on any atom is -0.444 e. The predicted octanol–water partition coefficient (Wildman–Crippen LogP) is 8.42. The van der Waals surface area contributed by atoms with Crippen molar-refractivity contribution >= 4 is 11.8 Å². The number of amides is 1. The molecule has 0 aliphatic rings. The third-order valence-electron chi connectivity index (χ3n) is 4.00. The van der Waals surface area contributed by atoms with Crippen molar-refractivity contribution in [1.29, 1.82) is 0 Å². The second kappa shape index (κ2) is 17.3. The Morgan fingerprint density at radius 1 is 1.10 bits per heavy atom. The number of rotatable bonds is 7. The fourth-order valence-corrected chi connectivity index (χ4v) is 2.55. The molecule has 0 bridgehead atoms. The number of nitrogens with one attached hydrogen (secondary N) is 1. The van der Waals surface area contributed by atoms with Gasteiger partial charge in [0.2, 0.25) is 0 Å². The van der Waals surface area contributed by atoms with Gasteiger partial charge in [0.05, 0.1) is 11.7 Å². The molecule has 1 aromatic carbocycles. The molecule has 0 unspecified atom stereocenters. The van der Waals surface area contributed by atoms with E-state index in [4.69, 9.17) is 9.73 Å². The average Bonchev–Trinajstić information content (AvgIpc) is 2.74. The van der Waals surface area contributed by atoms with E-state index < -0.39 is 11.7 Å². The van der Waals surface area contributed by atoms with E-state index in [1.54, 1.807) is 0 Å². The lowest BCUT2D eigenvalue weighted by atomic mass is 10.0. The largest absolute Gasteiger partial charge is 0.444 e. The number of hydrogen-bond acceptors (Lipinski definition) is 3. The first-order chi connectivity index (χ1) is 14.7. The van der Waals surface area contributed by atoms with Crippen molar-refractivity contribution in [2.24, 2.45) is 4.99 Å². The van der Waals surface area contributed by atoms with Gasteiger partial charge in [-0.2, -0.15) is 0 Å². The summed E-state index contributed by atoms with van der Waals surface area (Å²) in [5.74, 6) is 0. The SMILES string of the molecule is C/C=C\C(N=C(C)C[C@@H](NC(=O)OC(C)(C)C)c1ccccc1)=C(/C)CC.CC.CC. The Kier molecular flexibility index (Phi) is 17.2. The van der Waals surface area contributed by atoms with Gasteiger partial charge in [0.1, 0.15) is 5.60 Å². The van der Waals surface area contributed by atoms with Crippen LogP contribution in [0.25, 0.3) is 0 Å². The maximum Gasteiger partial charge on any atom is 0.408 e. The topological polar surface area (TPSA) is 50.7 Å². The summed E-state index contributed by atoms with van der Waals surface area (Å²) in [6, 6.07) is 9.73. The first-order valence-electron chi connectivity index (χ1n) is 11.6. The molecule has 176 valence electrons. The molecule has 0 spiro atoms. The Balaban J connectivity index is 0. The first-order valence-corrected chi connectivity index (χ1v) is 11.6. The van der Waals surface area contributed by atoms with Crippen molar-refractivity contribution in [2.75, 3.05) is 0 Å². The molecule has 0 fully saturated rings. The van der Waals surface area contributed by atoms with E-state index in [-0.39, 0.29) is 6.04 Å². The van der Waals surface area contributed by atoms with Crippen molar-refractivity contribution < 1.29 is 9.53 Å². The lowest BCUT2D eigenvalue weighted by Gasteiger charge is -2.24. The highest BCUT2D eigenvalue weighted by Gasteiger charge is 2.21. The normalized spacial score (nSPS) is 13.2. The Hall–Kier alpha value is -2.36. The summed E-state index contributed by atoms with van der Waals surface area (Å²) in [5, 5.41) is 2.99. The number of ether oxygens (including phenoxy) is 1. The maximum absolute atomic E-state index is 12.3. The zero-order valence-electron chi connectivity index (χ0n) is 21.8. The molecule has 0 saturated carbocycles.